The van der Waals surface area contributed by atoms with Gasteiger partial charge in [0.15, 0.2) is 5.69 Å². The average molecular weight is 332 g/mol. The van der Waals surface area contributed by atoms with Crippen molar-refractivity contribution in [1.82, 2.24) is 9.97 Å². The smallest absolute Gasteiger partial charge is 0.357 e. The standard InChI is InChI=1S/C20H16N2O3/c23-10-11-25-20(24)19-17(13-6-2-1-3-7-13)18-14-8-4-5-9-15(14)22-16(18)12-21-19/h1-9,12,22-23H,10-11H2. The van der Waals surface area contributed by atoms with Gasteiger partial charge in [-0.05, 0) is 11.6 Å². The van der Waals surface area contributed by atoms with E-state index in [0.29, 0.717) is 0 Å². The monoisotopic (exact) mass is 332 g/mol. The number of hydrogen-bond acceptors (Lipinski definition) is 4. The molecule has 2 heterocycles. The van der Waals surface area contributed by atoms with E-state index in [1.807, 2.05) is 54.6 Å². The minimum atomic E-state index is -0.542. The average Bonchev–Trinajstić information content (AvgIpc) is 3.04. The van der Waals surface area contributed by atoms with Gasteiger partial charge in [-0.1, -0.05) is 48.5 Å². The quantitative estimate of drug-likeness (QED) is 0.561. The molecule has 0 saturated carbocycles. The van der Waals surface area contributed by atoms with Crippen LogP contribution in [0.2, 0.25) is 0 Å². The van der Waals surface area contributed by atoms with Crippen LogP contribution in [0.25, 0.3) is 32.9 Å². The van der Waals surface area contributed by atoms with Gasteiger partial charge >= 0.3 is 5.97 Å². The Bertz CT molecular complexity index is 1050. The number of aliphatic hydroxyl groups is 1. The Balaban J connectivity index is 2.05. The van der Waals surface area contributed by atoms with Crippen molar-refractivity contribution in [2.24, 2.45) is 0 Å². The molecule has 4 rings (SSSR count). The number of nitrogens with one attached hydrogen (secondary N) is 1. The molecule has 5 nitrogen and oxygen atoms in total. The van der Waals surface area contributed by atoms with Gasteiger partial charge in [0.2, 0.25) is 0 Å². The van der Waals surface area contributed by atoms with Crippen LogP contribution in [0.15, 0.2) is 60.8 Å². The molecule has 0 unspecified atom stereocenters. The second kappa shape index (κ2) is 6.37. The number of nitrogens with zero attached hydrogens (tertiary/aromatic N) is 1. The van der Waals surface area contributed by atoms with Gasteiger partial charge in [0, 0.05) is 21.9 Å². The number of carbonyl (C=O) groups excluding carboxylic acids is 1. The summed E-state index contributed by atoms with van der Waals surface area (Å²) in [6.45, 7) is -0.275. The molecule has 124 valence electrons. The van der Waals surface area contributed by atoms with Gasteiger partial charge in [-0.3, -0.25) is 0 Å². The van der Waals surface area contributed by atoms with Crippen molar-refractivity contribution in [1.29, 1.82) is 0 Å². The molecule has 0 amide bonds. The molecule has 0 aliphatic rings. The number of ether oxygens (including phenoxy) is 1. The highest BCUT2D eigenvalue weighted by Gasteiger charge is 2.21. The van der Waals surface area contributed by atoms with Crippen LogP contribution in [0.5, 0.6) is 0 Å². The van der Waals surface area contributed by atoms with Crippen LogP contribution in [-0.2, 0) is 4.74 Å². The fourth-order valence-corrected chi connectivity index (χ4v) is 3.09. The molecule has 0 saturated heterocycles. The van der Waals surface area contributed by atoms with Crippen molar-refractivity contribution in [3.8, 4) is 11.1 Å². The van der Waals surface area contributed by atoms with E-state index in [1.54, 1.807) is 6.20 Å². The molecular weight excluding hydrogens is 316 g/mol. The van der Waals surface area contributed by atoms with E-state index in [9.17, 15) is 4.79 Å². The van der Waals surface area contributed by atoms with Crippen LogP contribution in [0, 0.1) is 0 Å². The van der Waals surface area contributed by atoms with Crippen LogP contribution in [0.4, 0.5) is 0 Å². The Morgan fingerprint density at radius 1 is 1.04 bits per heavy atom. The van der Waals surface area contributed by atoms with E-state index in [4.69, 9.17) is 9.84 Å². The van der Waals surface area contributed by atoms with E-state index in [1.165, 1.54) is 0 Å². The lowest BCUT2D eigenvalue weighted by molar-refractivity contribution is 0.0428. The summed E-state index contributed by atoms with van der Waals surface area (Å²) in [4.78, 5) is 20.2. The van der Waals surface area contributed by atoms with E-state index in [0.717, 1.165) is 32.9 Å². The zero-order chi connectivity index (χ0) is 17.2. The number of carbonyl (C=O) groups is 1. The summed E-state index contributed by atoms with van der Waals surface area (Å²) in [7, 11) is 0. The predicted molar refractivity (Wildman–Crippen MR) is 96.4 cm³/mol. The molecule has 0 atom stereocenters. The van der Waals surface area contributed by atoms with Gasteiger partial charge in [-0.15, -0.1) is 0 Å². The van der Waals surface area contributed by atoms with Crippen molar-refractivity contribution in [2.45, 2.75) is 0 Å². The Hall–Kier alpha value is -3.18. The molecule has 0 fully saturated rings. The number of fused-ring (bicyclic) bond motifs is 3. The second-order valence-corrected chi connectivity index (χ2v) is 5.67. The summed E-state index contributed by atoms with van der Waals surface area (Å²) in [5, 5.41) is 10.9. The molecule has 2 aromatic carbocycles. The number of esters is 1. The molecule has 0 aliphatic heterocycles. The third kappa shape index (κ3) is 2.64. The lowest BCUT2D eigenvalue weighted by atomic mass is 9.98. The number of benzene rings is 2. The number of aromatic amines is 1. The molecule has 0 spiro atoms. The number of aromatic nitrogens is 2. The largest absolute Gasteiger partial charge is 0.459 e. The molecule has 0 bridgehead atoms. The van der Waals surface area contributed by atoms with Crippen LogP contribution in [0.3, 0.4) is 0 Å². The zero-order valence-corrected chi connectivity index (χ0v) is 13.4. The van der Waals surface area contributed by atoms with Crippen molar-refractivity contribution in [3.63, 3.8) is 0 Å². The van der Waals surface area contributed by atoms with Crippen LogP contribution in [-0.4, -0.2) is 34.3 Å². The predicted octanol–water partition coefficient (Wildman–Crippen LogP) is 3.53. The summed E-state index contributed by atoms with van der Waals surface area (Å²) < 4.78 is 5.12. The lowest BCUT2D eigenvalue weighted by Gasteiger charge is -2.10. The topological polar surface area (TPSA) is 75.2 Å². The molecule has 5 heteroatoms. The van der Waals surface area contributed by atoms with E-state index < -0.39 is 5.97 Å². The molecule has 4 aromatic rings. The Morgan fingerprint density at radius 3 is 2.60 bits per heavy atom. The SMILES string of the molecule is O=C(OCCO)c1ncc2[nH]c3ccccc3c2c1-c1ccccc1. The Labute approximate surface area is 143 Å². The maximum atomic E-state index is 12.5. The molecule has 2 N–H and O–H groups in total. The van der Waals surface area contributed by atoms with Gasteiger partial charge < -0.3 is 14.8 Å². The first-order chi connectivity index (χ1) is 12.3. The summed E-state index contributed by atoms with van der Waals surface area (Å²) in [6.07, 6.45) is 1.65. The molecule has 0 aliphatic carbocycles. The minimum absolute atomic E-state index is 0.0549. The molecular formula is C20H16N2O3. The van der Waals surface area contributed by atoms with Crippen molar-refractivity contribution >= 4 is 27.8 Å². The van der Waals surface area contributed by atoms with Gasteiger partial charge in [0.25, 0.3) is 0 Å². The van der Waals surface area contributed by atoms with Crippen LogP contribution >= 0.6 is 0 Å². The van der Waals surface area contributed by atoms with E-state index in [-0.39, 0.29) is 18.9 Å². The maximum Gasteiger partial charge on any atom is 0.357 e. The first kappa shape index (κ1) is 15.4. The van der Waals surface area contributed by atoms with Crippen LogP contribution in [0.1, 0.15) is 10.5 Å². The zero-order valence-electron chi connectivity index (χ0n) is 13.4. The highest BCUT2D eigenvalue weighted by atomic mass is 16.5. The molecule has 25 heavy (non-hydrogen) atoms. The third-order valence-electron chi connectivity index (χ3n) is 4.12. The first-order valence-electron chi connectivity index (χ1n) is 8.02. The second-order valence-electron chi connectivity index (χ2n) is 5.67. The Morgan fingerprint density at radius 2 is 1.80 bits per heavy atom. The summed E-state index contributed by atoms with van der Waals surface area (Å²) in [6, 6.07) is 17.6. The summed E-state index contributed by atoms with van der Waals surface area (Å²) in [5.41, 5.74) is 3.72. The third-order valence-corrected chi connectivity index (χ3v) is 4.12. The number of hydrogen-bond donors (Lipinski definition) is 2. The minimum Gasteiger partial charge on any atom is -0.459 e. The highest BCUT2D eigenvalue weighted by Crippen LogP contribution is 2.36. The summed E-state index contributed by atoms with van der Waals surface area (Å²) >= 11 is 0. The number of rotatable bonds is 4. The van der Waals surface area contributed by atoms with Crippen molar-refractivity contribution in [2.75, 3.05) is 13.2 Å². The number of pyridine rings is 1. The highest BCUT2D eigenvalue weighted by molar-refractivity contribution is 6.17. The summed E-state index contributed by atoms with van der Waals surface area (Å²) in [5.74, 6) is -0.542. The Kier molecular flexibility index (Phi) is 3.91. The maximum absolute atomic E-state index is 12.5. The first-order valence-corrected chi connectivity index (χ1v) is 8.02. The fourth-order valence-electron chi connectivity index (χ4n) is 3.09. The van der Waals surface area contributed by atoms with E-state index in [2.05, 4.69) is 9.97 Å². The van der Waals surface area contributed by atoms with Gasteiger partial charge in [-0.25, -0.2) is 9.78 Å². The van der Waals surface area contributed by atoms with Crippen molar-refractivity contribution in [3.05, 3.63) is 66.5 Å². The van der Waals surface area contributed by atoms with Gasteiger partial charge in [-0.2, -0.15) is 0 Å². The van der Waals surface area contributed by atoms with Gasteiger partial charge in [0.1, 0.15) is 6.61 Å². The number of para-hydroxylation sites is 1. The van der Waals surface area contributed by atoms with Crippen LogP contribution < -0.4 is 0 Å². The van der Waals surface area contributed by atoms with Gasteiger partial charge in [0.05, 0.1) is 18.3 Å². The molecule has 2 aromatic heterocycles. The molecule has 0 radical (unpaired) electrons. The fraction of sp³-hybridized carbons (Fsp3) is 0.100. The lowest BCUT2D eigenvalue weighted by Crippen LogP contribution is -2.12. The number of aliphatic hydroxyl groups excluding tert-OH is 1. The number of H-pyrrole nitrogens is 1. The van der Waals surface area contributed by atoms with E-state index >= 15 is 0 Å². The van der Waals surface area contributed by atoms with Crippen molar-refractivity contribution < 1.29 is 14.6 Å². The normalized spacial score (nSPS) is 11.1.